The highest BCUT2D eigenvalue weighted by Crippen LogP contribution is 2.24. The Morgan fingerprint density at radius 2 is 1.89 bits per heavy atom. The summed E-state index contributed by atoms with van der Waals surface area (Å²) in [5.74, 6) is 0. The maximum Gasteiger partial charge on any atom is 0.0992 e. The number of nitrogens with zero attached hydrogens (tertiary/aromatic N) is 1. The highest BCUT2D eigenvalue weighted by molar-refractivity contribution is 5.73. The van der Waals surface area contributed by atoms with Gasteiger partial charge < -0.3 is 16.2 Å². The second kappa shape index (κ2) is 5.89. The van der Waals surface area contributed by atoms with E-state index < -0.39 is 0 Å². The molecule has 0 aromatic heterocycles. The van der Waals surface area contributed by atoms with Crippen LogP contribution < -0.4 is 11.1 Å². The molecule has 0 amide bonds. The summed E-state index contributed by atoms with van der Waals surface area (Å²) in [4.78, 5) is 0. The lowest BCUT2D eigenvalue weighted by atomic mass is 10.1. The number of nitriles is 1. The van der Waals surface area contributed by atoms with Crippen LogP contribution in [0.15, 0.2) is 42.5 Å². The SMILES string of the molecule is N#Cc1ccc(Nc2ccc(CCO)cc2)c(N)c1. The van der Waals surface area contributed by atoms with Gasteiger partial charge in [0.05, 0.1) is 23.0 Å². The zero-order chi connectivity index (χ0) is 13.7. The van der Waals surface area contributed by atoms with Crippen molar-refractivity contribution in [3.63, 3.8) is 0 Å². The first kappa shape index (κ1) is 12.9. The van der Waals surface area contributed by atoms with Crippen LogP contribution in [0.1, 0.15) is 11.1 Å². The Balaban J connectivity index is 2.15. The van der Waals surface area contributed by atoms with Crippen LogP contribution in [0.4, 0.5) is 17.1 Å². The monoisotopic (exact) mass is 253 g/mol. The Hall–Kier alpha value is -2.51. The van der Waals surface area contributed by atoms with Gasteiger partial charge in [-0.25, -0.2) is 0 Å². The van der Waals surface area contributed by atoms with Gasteiger partial charge in [-0.3, -0.25) is 0 Å². The Labute approximate surface area is 112 Å². The second-order valence-corrected chi connectivity index (χ2v) is 4.21. The van der Waals surface area contributed by atoms with Gasteiger partial charge in [0.15, 0.2) is 0 Å². The number of aliphatic hydroxyl groups excluding tert-OH is 1. The third-order valence-electron chi connectivity index (χ3n) is 2.81. The first-order valence-electron chi connectivity index (χ1n) is 5.99. The minimum Gasteiger partial charge on any atom is -0.397 e. The molecule has 0 aliphatic carbocycles. The molecular formula is C15H15N3O. The molecule has 0 unspecified atom stereocenters. The fourth-order valence-electron chi connectivity index (χ4n) is 1.79. The molecule has 0 radical (unpaired) electrons. The average Bonchev–Trinajstić information content (AvgIpc) is 2.43. The van der Waals surface area contributed by atoms with E-state index in [2.05, 4.69) is 5.32 Å². The van der Waals surface area contributed by atoms with Gasteiger partial charge in [-0.05, 0) is 42.3 Å². The van der Waals surface area contributed by atoms with Crippen molar-refractivity contribution in [1.82, 2.24) is 0 Å². The summed E-state index contributed by atoms with van der Waals surface area (Å²) >= 11 is 0. The molecule has 0 saturated carbocycles. The molecular weight excluding hydrogens is 238 g/mol. The van der Waals surface area contributed by atoms with Crippen molar-refractivity contribution in [2.75, 3.05) is 17.7 Å². The number of rotatable bonds is 4. The van der Waals surface area contributed by atoms with Crippen LogP contribution in [0.5, 0.6) is 0 Å². The fourth-order valence-corrected chi connectivity index (χ4v) is 1.79. The Morgan fingerprint density at radius 3 is 2.47 bits per heavy atom. The predicted molar refractivity (Wildman–Crippen MR) is 76.1 cm³/mol. The minimum absolute atomic E-state index is 0.148. The van der Waals surface area contributed by atoms with E-state index in [1.165, 1.54) is 0 Å². The molecule has 0 saturated heterocycles. The largest absolute Gasteiger partial charge is 0.397 e. The molecule has 0 spiro atoms. The maximum absolute atomic E-state index is 8.85. The maximum atomic E-state index is 8.85. The first-order valence-corrected chi connectivity index (χ1v) is 5.99. The van der Waals surface area contributed by atoms with Gasteiger partial charge in [0.25, 0.3) is 0 Å². The Kier molecular flexibility index (Phi) is 4.01. The van der Waals surface area contributed by atoms with Gasteiger partial charge in [-0.1, -0.05) is 12.1 Å². The Bertz CT molecular complexity index is 600. The van der Waals surface area contributed by atoms with Crippen LogP contribution in [-0.4, -0.2) is 11.7 Å². The van der Waals surface area contributed by atoms with Crippen molar-refractivity contribution in [2.45, 2.75) is 6.42 Å². The molecule has 0 aliphatic rings. The molecule has 0 atom stereocenters. The van der Waals surface area contributed by atoms with Crippen LogP contribution in [0.3, 0.4) is 0 Å². The number of hydrogen-bond donors (Lipinski definition) is 3. The number of nitrogen functional groups attached to an aromatic ring is 1. The summed E-state index contributed by atoms with van der Waals surface area (Å²) in [5, 5.41) is 20.8. The van der Waals surface area contributed by atoms with Gasteiger partial charge >= 0.3 is 0 Å². The van der Waals surface area contributed by atoms with E-state index in [4.69, 9.17) is 16.1 Å². The number of hydrogen-bond acceptors (Lipinski definition) is 4. The third-order valence-corrected chi connectivity index (χ3v) is 2.81. The normalized spacial score (nSPS) is 9.89. The molecule has 4 N–H and O–H groups in total. The van der Waals surface area contributed by atoms with E-state index in [1.54, 1.807) is 18.2 Å². The molecule has 0 aliphatic heterocycles. The molecule has 0 bridgehead atoms. The van der Waals surface area contributed by atoms with E-state index in [1.807, 2.05) is 30.3 Å². The van der Waals surface area contributed by atoms with E-state index in [0.717, 1.165) is 16.9 Å². The second-order valence-electron chi connectivity index (χ2n) is 4.21. The standard InChI is InChI=1S/C15H15N3O/c16-10-12-3-6-15(14(17)9-12)18-13-4-1-11(2-5-13)7-8-19/h1-6,9,18-19H,7-8,17H2. The van der Waals surface area contributed by atoms with Crippen molar-refractivity contribution >= 4 is 17.1 Å². The zero-order valence-corrected chi connectivity index (χ0v) is 10.4. The number of nitrogens with one attached hydrogen (secondary N) is 1. The third kappa shape index (κ3) is 3.24. The predicted octanol–water partition coefficient (Wildman–Crippen LogP) is 2.42. The zero-order valence-electron chi connectivity index (χ0n) is 10.4. The lowest BCUT2D eigenvalue weighted by Gasteiger charge is -2.10. The smallest absolute Gasteiger partial charge is 0.0992 e. The highest BCUT2D eigenvalue weighted by atomic mass is 16.2. The topological polar surface area (TPSA) is 82.1 Å². The number of benzene rings is 2. The number of nitrogens with two attached hydrogens (primary N) is 1. The molecule has 4 nitrogen and oxygen atoms in total. The van der Waals surface area contributed by atoms with E-state index >= 15 is 0 Å². The van der Waals surface area contributed by atoms with Gasteiger partial charge in [0.2, 0.25) is 0 Å². The fraction of sp³-hybridized carbons (Fsp3) is 0.133. The molecule has 2 rings (SSSR count). The Morgan fingerprint density at radius 1 is 1.16 bits per heavy atom. The summed E-state index contributed by atoms with van der Waals surface area (Å²) in [6.07, 6.45) is 0.652. The van der Waals surface area contributed by atoms with Crippen LogP contribution in [-0.2, 0) is 6.42 Å². The molecule has 19 heavy (non-hydrogen) atoms. The van der Waals surface area contributed by atoms with Crippen molar-refractivity contribution < 1.29 is 5.11 Å². The molecule has 96 valence electrons. The van der Waals surface area contributed by atoms with Gasteiger partial charge in [-0.15, -0.1) is 0 Å². The lowest BCUT2D eigenvalue weighted by Crippen LogP contribution is -1.97. The minimum atomic E-state index is 0.148. The van der Waals surface area contributed by atoms with Crippen LogP contribution >= 0.6 is 0 Å². The summed E-state index contributed by atoms with van der Waals surface area (Å²) in [5.41, 5.74) is 9.73. The van der Waals surface area contributed by atoms with Gasteiger partial charge in [0, 0.05) is 12.3 Å². The molecule has 2 aromatic rings. The van der Waals surface area contributed by atoms with Gasteiger partial charge in [-0.2, -0.15) is 5.26 Å². The van der Waals surface area contributed by atoms with Crippen LogP contribution in [0.2, 0.25) is 0 Å². The average molecular weight is 253 g/mol. The molecule has 0 fully saturated rings. The van der Waals surface area contributed by atoms with Crippen LogP contribution in [0.25, 0.3) is 0 Å². The lowest BCUT2D eigenvalue weighted by molar-refractivity contribution is 0.299. The summed E-state index contributed by atoms with van der Waals surface area (Å²) < 4.78 is 0. The van der Waals surface area contributed by atoms with Crippen molar-refractivity contribution in [1.29, 1.82) is 5.26 Å². The summed E-state index contributed by atoms with van der Waals surface area (Å²) in [7, 11) is 0. The van der Waals surface area contributed by atoms with Crippen molar-refractivity contribution in [2.24, 2.45) is 0 Å². The quantitative estimate of drug-likeness (QED) is 0.731. The van der Waals surface area contributed by atoms with Gasteiger partial charge in [0.1, 0.15) is 0 Å². The van der Waals surface area contributed by atoms with Crippen LogP contribution in [0, 0.1) is 11.3 Å². The summed E-state index contributed by atoms with van der Waals surface area (Å²) in [6, 6.07) is 15.0. The van der Waals surface area contributed by atoms with Crippen molar-refractivity contribution in [3.05, 3.63) is 53.6 Å². The summed E-state index contributed by atoms with van der Waals surface area (Å²) in [6.45, 7) is 0.148. The molecule has 2 aromatic carbocycles. The molecule has 4 heteroatoms. The molecule has 0 heterocycles. The van der Waals surface area contributed by atoms with E-state index in [0.29, 0.717) is 17.7 Å². The first-order chi connectivity index (χ1) is 9.22. The number of aliphatic hydroxyl groups is 1. The van der Waals surface area contributed by atoms with Crippen molar-refractivity contribution in [3.8, 4) is 6.07 Å². The van der Waals surface area contributed by atoms with E-state index in [9.17, 15) is 0 Å². The van der Waals surface area contributed by atoms with E-state index in [-0.39, 0.29) is 6.61 Å². The highest BCUT2D eigenvalue weighted by Gasteiger charge is 2.01. The number of anilines is 3.